The van der Waals surface area contributed by atoms with Gasteiger partial charge in [-0.2, -0.15) is 0 Å². The van der Waals surface area contributed by atoms with Gasteiger partial charge in [0.2, 0.25) is 5.91 Å². The van der Waals surface area contributed by atoms with E-state index in [0.717, 1.165) is 5.56 Å². The molecule has 1 aliphatic rings. The fraction of sp³-hybridized carbons (Fsp3) is 0.529. The van der Waals surface area contributed by atoms with Crippen LogP contribution in [0.1, 0.15) is 20.3 Å². The minimum Gasteiger partial charge on any atom is -0.338 e. The number of rotatable bonds is 6. The minimum atomic E-state index is -3.03. The molecule has 10 heteroatoms. The van der Waals surface area contributed by atoms with Gasteiger partial charge in [-0.1, -0.05) is 11.8 Å². The molecule has 8 nitrogen and oxygen atoms in total. The SMILES string of the molecule is CCN(C(=O)[C@H](C)Sc1nnc(-c2ccncc2)n1C)[C@@H]1CCS(=O)(=O)C1. The Hall–Kier alpha value is -1.94. The number of hydrogen-bond donors (Lipinski definition) is 0. The van der Waals surface area contributed by atoms with E-state index < -0.39 is 9.84 Å². The lowest BCUT2D eigenvalue weighted by Crippen LogP contribution is -2.44. The largest absolute Gasteiger partial charge is 0.338 e. The fourth-order valence-electron chi connectivity index (χ4n) is 3.23. The van der Waals surface area contributed by atoms with Crippen LogP contribution < -0.4 is 0 Å². The van der Waals surface area contributed by atoms with Gasteiger partial charge < -0.3 is 9.47 Å². The molecule has 1 amide bonds. The van der Waals surface area contributed by atoms with Crippen LogP contribution >= 0.6 is 11.8 Å². The van der Waals surface area contributed by atoms with E-state index in [1.54, 1.807) is 17.3 Å². The maximum atomic E-state index is 12.9. The Morgan fingerprint density at radius 2 is 2.07 bits per heavy atom. The monoisotopic (exact) mass is 409 g/mol. The maximum Gasteiger partial charge on any atom is 0.236 e. The molecule has 27 heavy (non-hydrogen) atoms. The van der Waals surface area contributed by atoms with Gasteiger partial charge >= 0.3 is 0 Å². The highest BCUT2D eigenvalue weighted by molar-refractivity contribution is 8.00. The molecule has 146 valence electrons. The van der Waals surface area contributed by atoms with Crippen molar-refractivity contribution in [1.29, 1.82) is 0 Å². The first-order valence-corrected chi connectivity index (χ1v) is 11.5. The first-order valence-electron chi connectivity index (χ1n) is 8.79. The average Bonchev–Trinajstić information content (AvgIpc) is 3.19. The highest BCUT2D eigenvalue weighted by Gasteiger charge is 2.35. The van der Waals surface area contributed by atoms with Crippen LogP contribution in [0, 0.1) is 0 Å². The molecule has 2 atom stereocenters. The number of amides is 1. The summed E-state index contributed by atoms with van der Waals surface area (Å²) in [5.74, 6) is 0.841. The second-order valence-electron chi connectivity index (χ2n) is 6.54. The van der Waals surface area contributed by atoms with Gasteiger partial charge in [-0.25, -0.2) is 8.42 Å². The van der Waals surface area contributed by atoms with Gasteiger partial charge in [-0.15, -0.1) is 10.2 Å². The lowest BCUT2D eigenvalue weighted by atomic mass is 10.2. The number of aromatic nitrogens is 4. The third-order valence-corrected chi connectivity index (χ3v) is 7.55. The van der Waals surface area contributed by atoms with Crippen LogP contribution in [-0.2, 0) is 21.7 Å². The van der Waals surface area contributed by atoms with Gasteiger partial charge in [-0.3, -0.25) is 9.78 Å². The van der Waals surface area contributed by atoms with Crippen LogP contribution in [0.5, 0.6) is 0 Å². The predicted molar refractivity (Wildman–Crippen MR) is 104 cm³/mol. The first-order chi connectivity index (χ1) is 12.8. The van der Waals surface area contributed by atoms with E-state index >= 15 is 0 Å². The van der Waals surface area contributed by atoms with E-state index in [1.807, 2.05) is 37.6 Å². The summed E-state index contributed by atoms with van der Waals surface area (Å²) in [6.45, 7) is 4.19. The molecular formula is C17H23N5O3S2. The van der Waals surface area contributed by atoms with Gasteiger partial charge in [0.05, 0.1) is 16.8 Å². The van der Waals surface area contributed by atoms with Crippen molar-refractivity contribution < 1.29 is 13.2 Å². The molecule has 1 saturated heterocycles. The molecule has 0 aliphatic carbocycles. The van der Waals surface area contributed by atoms with Crippen LogP contribution in [0.2, 0.25) is 0 Å². The topological polar surface area (TPSA) is 98.1 Å². The summed E-state index contributed by atoms with van der Waals surface area (Å²) in [6.07, 6.45) is 3.89. The summed E-state index contributed by atoms with van der Waals surface area (Å²) in [7, 11) is -1.18. The lowest BCUT2D eigenvalue weighted by molar-refractivity contribution is -0.131. The first kappa shape index (κ1) is 19.8. The third kappa shape index (κ3) is 4.32. The molecule has 1 aliphatic heterocycles. The molecule has 0 N–H and O–H groups in total. The normalized spacial score (nSPS) is 19.7. The van der Waals surface area contributed by atoms with Crippen LogP contribution in [0.25, 0.3) is 11.4 Å². The molecule has 1 fully saturated rings. The average molecular weight is 410 g/mol. The van der Waals surface area contributed by atoms with Crippen molar-refractivity contribution >= 4 is 27.5 Å². The van der Waals surface area contributed by atoms with E-state index in [-0.39, 0.29) is 28.7 Å². The fourth-order valence-corrected chi connectivity index (χ4v) is 5.84. The van der Waals surface area contributed by atoms with Crippen molar-refractivity contribution in [2.75, 3.05) is 18.1 Å². The molecule has 0 aromatic carbocycles. The molecule has 2 aromatic rings. The van der Waals surface area contributed by atoms with Gasteiger partial charge in [0.15, 0.2) is 20.8 Å². The van der Waals surface area contributed by atoms with Crippen LogP contribution in [-0.4, -0.2) is 68.3 Å². The Labute approximate surface area is 163 Å². The smallest absolute Gasteiger partial charge is 0.236 e. The summed E-state index contributed by atoms with van der Waals surface area (Å²) < 4.78 is 25.4. The number of pyridine rings is 1. The van der Waals surface area contributed by atoms with Gasteiger partial charge in [-0.05, 0) is 32.4 Å². The molecule has 3 rings (SSSR count). The second kappa shape index (κ2) is 7.97. The third-order valence-electron chi connectivity index (χ3n) is 4.68. The highest BCUT2D eigenvalue weighted by Crippen LogP contribution is 2.28. The molecule has 0 radical (unpaired) electrons. The van der Waals surface area contributed by atoms with Gasteiger partial charge in [0.25, 0.3) is 0 Å². The van der Waals surface area contributed by atoms with E-state index in [9.17, 15) is 13.2 Å². The van der Waals surface area contributed by atoms with Gasteiger partial charge in [0, 0.05) is 37.6 Å². The van der Waals surface area contributed by atoms with Gasteiger partial charge in [0.1, 0.15) is 0 Å². The van der Waals surface area contributed by atoms with Crippen LogP contribution in [0.4, 0.5) is 0 Å². The van der Waals surface area contributed by atoms with Crippen LogP contribution in [0.3, 0.4) is 0 Å². The van der Waals surface area contributed by atoms with Crippen molar-refractivity contribution in [3.63, 3.8) is 0 Å². The highest BCUT2D eigenvalue weighted by atomic mass is 32.2. The van der Waals surface area contributed by atoms with Crippen LogP contribution in [0.15, 0.2) is 29.7 Å². The number of sulfone groups is 1. The quantitative estimate of drug-likeness (QED) is 0.665. The Morgan fingerprint density at radius 3 is 2.67 bits per heavy atom. The Morgan fingerprint density at radius 1 is 1.37 bits per heavy atom. The van der Waals surface area contributed by atoms with E-state index in [2.05, 4.69) is 15.2 Å². The molecule has 2 aromatic heterocycles. The number of hydrogen-bond acceptors (Lipinski definition) is 7. The number of carbonyl (C=O) groups is 1. The predicted octanol–water partition coefficient (Wildman–Crippen LogP) is 1.39. The number of carbonyl (C=O) groups excluding carboxylic acids is 1. The van der Waals surface area contributed by atoms with Crippen molar-refractivity contribution in [3.05, 3.63) is 24.5 Å². The summed E-state index contributed by atoms with van der Waals surface area (Å²) >= 11 is 1.33. The second-order valence-corrected chi connectivity index (χ2v) is 10.1. The van der Waals surface area contributed by atoms with Crippen molar-refractivity contribution in [2.45, 2.75) is 36.7 Å². The zero-order valence-corrected chi connectivity index (χ0v) is 17.2. The molecular weight excluding hydrogens is 386 g/mol. The van der Waals surface area contributed by atoms with E-state index in [4.69, 9.17) is 0 Å². The summed E-state index contributed by atoms with van der Waals surface area (Å²) in [5.41, 5.74) is 0.900. The zero-order chi connectivity index (χ0) is 19.6. The summed E-state index contributed by atoms with van der Waals surface area (Å²) in [5, 5.41) is 8.68. The minimum absolute atomic E-state index is 0.0557. The molecule has 3 heterocycles. The molecule has 0 unspecified atom stereocenters. The van der Waals surface area contributed by atoms with Crippen molar-refractivity contribution in [2.24, 2.45) is 7.05 Å². The van der Waals surface area contributed by atoms with Crippen molar-refractivity contribution in [3.8, 4) is 11.4 Å². The lowest BCUT2D eigenvalue weighted by Gasteiger charge is -2.29. The number of nitrogens with zero attached hydrogens (tertiary/aromatic N) is 5. The van der Waals surface area contributed by atoms with E-state index in [0.29, 0.717) is 23.9 Å². The Balaban J connectivity index is 1.72. The summed E-state index contributed by atoms with van der Waals surface area (Å²) in [6, 6.07) is 3.47. The molecule has 0 bridgehead atoms. The van der Waals surface area contributed by atoms with E-state index in [1.165, 1.54) is 11.8 Å². The van der Waals surface area contributed by atoms with Crippen molar-refractivity contribution in [1.82, 2.24) is 24.6 Å². The Bertz CT molecular complexity index is 914. The zero-order valence-electron chi connectivity index (χ0n) is 15.6. The summed E-state index contributed by atoms with van der Waals surface area (Å²) in [4.78, 5) is 18.6. The Kier molecular flexibility index (Phi) is 5.85. The maximum absolute atomic E-state index is 12.9. The molecule has 0 saturated carbocycles. The number of thioether (sulfide) groups is 1. The standard InChI is InChI=1S/C17H23N5O3S2/c1-4-22(14-7-10-27(24,25)11-14)16(23)12(2)26-17-20-19-15(21(17)3)13-5-8-18-9-6-13/h5-6,8-9,12,14H,4,7,10-11H2,1-3H3/t12-,14+/m0/s1. The molecule has 0 spiro atoms.